The van der Waals surface area contributed by atoms with E-state index in [1.54, 1.807) is 6.07 Å². The van der Waals surface area contributed by atoms with Crippen LogP contribution in [0.4, 0.5) is 4.39 Å². The zero-order valence-electron chi connectivity index (χ0n) is 11.3. The molecule has 3 rings (SSSR count). The second kappa shape index (κ2) is 6.10. The first-order chi connectivity index (χ1) is 9.79. The quantitative estimate of drug-likeness (QED) is 0.789. The van der Waals surface area contributed by atoms with E-state index < -0.39 is 0 Å². The zero-order chi connectivity index (χ0) is 13.9. The second-order valence-corrected chi connectivity index (χ2v) is 5.53. The molecular weight excluding hydrogens is 279 g/mol. The number of hydrogen-bond donors (Lipinski definition) is 0. The Morgan fingerprint density at radius 1 is 1.45 bits per heavy atom. The van der Waals surface area contributed by atoms with E-state index in [0.717, 1.165) is 43.8 Å². The highest BCUT2D eigenvalue weighted by Gasteiger charge is 2.18. The molecule has 5 heteroatoms. The Bertz CT molecular complexity index is 593. The van der Waals surface area contributed by atoms with E-state index in [4.69, 9.17) is 16.3 Å². The van der Waals surface area contributed by atoms with E-state index in [1.165, 1.54) is 6.07 Å². The number of halogens is 2. The van der Waals surface area contributed by atoms with Crippen LogP contribution in [0.3, 0.4) is 0 Å². The topological polar surface area (TPSA) is 27.1 Å². The fourth-order valence-electron chi connectivity index (χ4n) is 2.83. The maximum absolute atomic E-state index is 13.8. The number of rotatable bonds is 5. The molecule has 1 saturated heterocycles. The molecule has 1 aliphatic heterocycles. The van der Waals surface area contributed by atoms with Crippen molar-refractivity contribution in [1.29, 1.82) is 0 Å². The van der Waals surface area contributed by atoms with Gasteiger partial charge in [0.25, 0.3) is 0 Å². The highest BCUT2D eigenvalue weighted by Crippen LogP contribution is 2.22. The van der Waals surface area contributed by atoms with Crippen LogP contribution in [0.25, 0.3) is 11.0 Å². The molecular formula is C15H18ClFN2O. The van der Waals surface area contributed by atoms with Crippen molar-refractivity contribution < 1.29 is 9.13 Å². The van der Waals surface area contributed by atoms with Crippen LogP contribution >= 0.6 is 11.6 Å². The predicted molar refractivity (Wildman–Crippen MR) is 77.7 cm³/mol. The van der Waals surface area contributed by atoms with Crippen molar-refractivity contribution in [2.75, 3.05) is 12.5 Å². The van der Waals surface area contributed by atoms with Crippen molar-refractivity contribution in [3.63, 3.8) is 0 Å². The molecule has 0 spiro atoms. The number of nitrogens with zero attached hydrogens (tertiary/aromatic N) is 2. The van der Waals surface area contributed by atoms with Gasteiger partial charge in [0, 0.05) is 25.5 Å². The van der Waals surface area contributed by atoms with Gasteiger partial charge in [-0.05, 0) is 31.4 Å². The maximum Gasteiger partial charge on any atom is 0.151 e. The van der Waals surface area contributed by atoms with Gasteiger partial charge in [-0.1, -0.05) is 6.07 Å². The molecule has 0 saturated carbocycles. The summed E-state index contributed by atoms with van der Waals surface area (Å²) in [5.74, 6) is 1.08. The summed E-state index contributed by atoms with van der Waals surface area (Å²) >= 11 is 5.83. The van der Waals surface area contributed by atoms with Crippen LogP contribution in [0.5, 0.6) is 0 Å². The van der Waals surface area contributed by atoms with Gasteiger partial charge < -0.3 is 9.30 Å². The van der Waals surface area contributed by atoms with Crippen molar-refractivity contribution >= 4 is 22.6 Å². The monoisotopic (exact) mass is 296 g/mol. The van der Waals surface area contributed by atoms with Crippen LogP contribution in [-0.4, -0.2) is 28.1 Å². The first-order valence-electron chi connectivity index (χ1n) is 7.11. The minimum atomic E-state index is -0.269. The van der Waals surface area contributed by atoms with Gasteiger partial charge in [0.1, 0.15) is 11.3 Å². The summed E-state index contributed by atoms with van der Waals surface area (Å²) in [6, 6.07) is 5.09. The van der Waals surface area contributed by atoms with Crippen molar-refractivity contribution in [3.8, 4) is 0 Å². The molecule has 0 N–H and O–H groups in total. The molecule has 20 heavy (non-hydrogen) atoms. The van der Waals surface area contributed by atoms with Crippen molar-refractivity contribution in [2.45, 2.75) is 38.3 Å². The van der Waals surface area contributed by atoms with Crippen molar-refractivity contribution in [3.05, 3.63) is 29.8 Å². The Kier molecular flexibility index (Phi) is 4.22. The Balaban J connectivity index is 1.89. The zero-order valence-corrected chi connectivity index (χ0v) is 12.1. The Morgan fingerprint density at radius 3 is 3.10 bits per heavy atom. The van der Waals surface area contributed by atoms with E-state index in [-0.39, 0.29) is 5.82 Å². The van der Waals surface area contributed by atoms with Crippen LogP contribution < -0.4 is 0 Å². The van der Waals surface area contributed by atoms with Crippen LogP contribution in [0.15, 0.2) is 18.2 Å². The number of aryl methyl sites for hydroxylation is 2. The fourth-order valence-corrected chi connectivity index (χ4v) is 3.00. The molecule has 0 radical (unpaired) electrons. The molecule has 2 aromatic rings. The van der Waals surface area contributed by atoms with Gasteiger partial charge in [-0.25, -0.2) is 9.37 Å². The number of benzene rings is 1. The summed E-state index contributed by atoms with van der Waals surface area (Å²) in [5.41, 5.74) is 1.29. The van der Waals surface area contributed by atoms with E-state index >= 15 is 0 Å². The summed E-state index contributed by atoms with van der Waals surface area (Å²) in [4.78, 5) is 4.41. The summed E-state index contributed by atoms with van der Waals surface area (Å²) < 4.78 is 21.6. The number of alkyl halides is 1. The summed E-state index contributed by atoms with van der Waals surface area (Å²) in [5, 5.41) is 0. The average Bonchev–Trinajstić information content (AvgIpc) is 3.05. The molecule has 1 aromatic carbocycles. The first kappa shape index (κ1) is 13.8. The Hall–Kier alpha value is -1.13. The predicted octanol–water partition coefficient (Wildman–Crippen LogP) is 3.53. The van der Waals surface area contributed by atoms with E-state index in [0.29, 0.717) is 23.9 Å². The molecule has 108 valence electrons. The smallest absolute Gasteiger partial charge is 0.151 e. The van der Waals surface area contributed by atoms with Crippen molar-refractivity contribution in [1.82, 2.24) is 9.55 Å². The number of para-hydroxylation sites is 1. The minimum absolute atomic E-state index is 0.269. The van der Waals surface area contributed by atoms with Crippen LogP contribution in [0, 0.1) is 5.82 Å². The Labute approximate surface area is 122 Å². The lowest BCUT2D eigenvalue weighted by Crippen LogP contribution is -2.12. The number of aromatic nitrogens is 2. The fraction of sp³-hybridized carbons (Fsp3) is 0.533. The largest absolute Gasteiger partial charge is 0.378 e. The Morgan fingerprint density at radius 2 is 2.35 bits per heavy atom. The van der Waals surface area contributed by atoms with Gasteiger partial charge in [-0.2, -0.15) is 0 Å². The number of fused-ring (bicyclic) bond motifs is 1. The number of hydrogen-bond acceptors (Lipinski definition) is 2. The molecule has 1 aromatic heterocycles. The van der Waals surface area contributed by atoms with Gasteiger partial charge in [-0.15, -0.1) is 11.6 Å². The van der Waals surface area contributed by atoms with Crippen molar-refractivity contribution in [2.24, 2.45) is 0 Å². The first-order valence-corrected chi connectivity index (χ1v) is 7.64. The molecule has 0 bridgehead atoms. The van der Waals surface area contributed by atoms with E-state index in [2.05, 4.69) is 9.55 Å². The van der Waals surface area contributed by atoms with Crippen LogP contribution in [0.2, 0.25) is 0 Å². The summed E-state index contributed by atoms with van der Waals surface area (Å²) in [6.45, 7) is 1.66. The lowest BCUT2D eigenvalue weighted by atomic mass is 10.2. The van der Waals surface area contributed by atoms with E-state index in [9.17, 15) is 4.39 Å². The number of imidazole rings is 1. The second-order valence-electron chi connectivity index (χ2n) is 5.15. The molecule has 1 fully saturated rings. The average molecular weight is 297 g/mol. The standard InChI is InChI=1S/C15H18ClFN2O/c16-8-6-14-18-15-12(17)4-1-5-13(15)19(14)9-7-11-3-2-10-20-11/h1,4-5,11H,2-3,6-10H2. The normalized spacial score (nSPS) is 19.0. The molecule has 1 atom stereocenters. The lowest BCUT2D eigenvalue weighted by molar-refractivity contribution is 0.100. The highest BCUT2D eigenvalue weighted by molar-refractivity contribution is 6.17. The SMILES string of the molecule is Fc1cccc2c1nc(CCCl)n2CCC1CCCO1. The molecule has 1 aliphatic rings. The van der Waals surface area contributed by atoms with Gasteiger partial charge in [-0.3, -0.25) is 0 Å². The number of ether oxygens (including phenoxy) is 1. The van der Waals surface area contributed by atoms with E-state index in [1.807, 2.05) is 6.07 Å². The third-order valence-corrected chi connectivity index (χ3v) is 4.01. The van der Waals surface area contributed by atoms with Crippen LogP contribution in [-0.2, 0) is 17.7 Å². The van der Waals surface area contributed by atoms with Crippen LogP contribution in [0.1, 0.15) is 25.1 Å². The molecule has 2 heterocycles. The molecule has 0 aliphatic carbocycles. The summed E-state index contributed by atoms with van der Waals surface area (Å²) in [7, 11) is 0. The van der Waals surface area contributed by atoms with Gasteiger partial charge >= 0.3 is 0 Å². The third kappa shape index (κ3) is 2.67. The third-order valence-electron chi connectivity index (χ3n) is 3.83. The van der Waals surface area contributed by atoms with Gasteiger partial charge in [0.15, 0.2) is 5.82 Å². The molecule has 1 unspecified atom stereocenters. The molecule has 3 nitrogen and oxygen atoms in total. The van der Waals surface area contributed by atoms with Gasteiger partial charge in [0.2, 0.25) is 0 Å². The lowest BCUT2D eigenvalue weighted by Gasteiger charge is -2.12. The van der Waals surface area contributed by atoms with Gasteiger partial charge in [0.05, 0.1) is 11.6 Å². The maximum atomic E-state index is 13.8. The summed E-state index contributed by atoms with van der Waals surface area (Å²) in [6.07, 6.45) is 4.17. The minimum Gasteiger partial charge on any atom is -0.378 e. The highest BCUT2D eigenvalue weighted by atomic mass is 35.5. The molecule has 0 amide bonds.